The summed E-state index contributed by atoms with van der Waals surface area (Å²) < 4.78 is 27.6. The van der Waals surface area contributed by atoms with E-state index in [2.05, 4.69) is 4.72 Å². The molecule has 0 heterocycles. The first kappa shape index (κ1) is 16.3. The van der Waals surface area contributed by atoms with Crippen LogP contribution in [0.3, 0.4) is 0 Å². The fraction of sp³-hybridized carbons (Fsp3) is 0.133. The molecular formula is C15H15ClN2O3S. The number of nitrogens with one attached hydrogen (secondary N) is 1. The fourth-order valence-corrected chi connectivity index (χ4v) is 3.73. The maximum absolute atomic E-state index is 12.6. The number of carbonyl (C=O) groups excluding carboxylic acids is 1. The minimum atomic E-state index is -3.89. The minimum absolute atomic E-state index is 0.0543. The van der Waals surface area contributed by atoms with Crippen molar-refractivity contribution < 1.29 is 13.2 Å². The molecule has 0 saturated carbocycles. The molecule has 0 aromatic heterocycles. The molecule has 0 aliphatic rings. The van der Waals surface area contributed by atoms with Gasteiger partial charge in [-0.3, -0.25) is 9.52 Å². The molecule has 116 valence electrons. The summed E-state index contributed by atoms with van der Waals surface area (Å²) in [5, 5.41) is 0.350. The molecule has 0 spiro atoms. The molecular weight excluding hydrogens is 324 g/mol. The molecule has 5 nitrogen and oxygen atoms in total. The third kappa shape index (κ3) is 3.08. The van der Waals surface area contributed by atoms with Crippen molar-refractivity contribution in [2.75, 3.05) is 4.72 Å². The lowest BCUT2D eigenvalue weighted by atomic mass is 10.1. The molecule has 3 N–H and O–H groups in total. The zero-order chi connectivity index (χ0) is 16.5. The average molecular weight is 339 g/mol. The van der Waals surface area contributed by atoms with E-state index in [4.69, 9.17) is 17.3 Å². The van der Waals surface area contributed by atoms with Gasteiger partial charge in [0.2, 0.25) is 0 Å². The van der Waals surface area contributed by atoms with Crippen molar-refractivity contribution in [3.63, 3.8) is 0 Å². The number of benzene rings is 2. The summed E-state index contributed by atoms with van der Waals surface area (Å²) in [5.74, 6) is -0.704. The highest BCUT2D eigenvalue weighted by Gasteiger charge is 2.21. The molecule has 1 amide bonds. The zero-order valence-corrected chi connectivity index (χ0v) is 13.6. The first-order valence-corrected chi connectivity index (χ1v) is 8.27. The van der Waals surface area contributed by atoms with E-state index in [-0.39, 0.29) is 16.1 Å². The number of carbonyl (C=O) groups is 1. The van der Waals surface area contributed by atoms with E-state index in [1.807, 2.05) is 0 Å². The van der Waals surface area contributed by atoms with Gasteiger partial charge in [0.05, 0.1) is 16.1 Å². The summed E-state index contributed by atoms with van der Waals surface area (Å²) in [6.45, 7) is 3.30. The lowest BCUT2D eigenvalue weighted by Gasteiger charge is -2.15. The van der Waals surface area contributed by atoms with Gasteiger partial charge in [-0.05, 0) is 43.2 Å². The first-order chi connectivity index (χ1) is 10.2. The van der Waals surface area contributed by atoms with E-state index < -0.39 is 15.9 Å². The van der Waals surface area contributed by atoms with Crippen LogP contribution in [0.15, 0.2) is 41.3 Å². The van der Waals surface area contributed by atoms with Crippen LogP contribution in [0, 0.1) is 13.8 Å². The van der Waals surface area contributed by atoms with Crippen molar-refractivity contribution in [1.29, 1.82) is 0 Å². The Morgan fingerprint density at radius 1 is 1.14 bits per heavy atom. The van der Waals surface area contributed by atoms with Gasteiger partial charge in [0.1, 0.15) is 0 Å². The van der Waals surface area contributed by atoms with Crippen molar-refractivity contribution in [2.24, 2.45) is 5.73 Å². The largest absolute Gasteiger partial charge is 0.366 e. The number of sulfonamides is 1. The lowest BCUT2D eigenvalue weighted by molar-refractivity contribution is 0.100. The lowest BCUT2D eigenvalue weighted by Crippen LogP contribution is -2.20. The van der Waals surface area contributed by atoms with Crippen LogP contribution >= 0.6 is 11.6 Å². The normalized spacial score (nSPS) is 11.2. The smallest absolute Gasteiger partial charge is 0.262 e. The molecule has 0 bridgehead atoms. The quantitative estimate of drug-likeness (QED) is 0.898. The Balaban J connectivity index is 2.55. The molecule has 2 aromatic rings. The predicted octanol–water partition coefficient (Wildman–Crippen LogP) is 2.86. The maximum atomic E-state index is 12.6. The first-order valence-electron chi connectivity index (χ1n) is 6.41. The molecule has 0 aliphatic carbocycles. The summed E-state index contributed by atoms with van der Waals surface area (Å²) in [4.78, 5) is 11.5. The number of hydrogen-bond donors (Lipinski definition) is 2. The van der Waals surface area contributed by atoms with Crippen LogP contribution in [0.1, 0.15) is 21.5 Å². The number of nitrogens with two attached hydrogens (primary N) is 1. The molecule has 2 aromatic carbocycles. The van der Waals surface area contributed by atoms with Gasteiger partial charge in [0, 0.05) is 5.02 Å². The summed E-state index contributed by atoms with van der Waals surface area (Å²) in [6, 6.07) is 9.41. The number of hydrogen-bond acceptors (Lipinski definition) is 3. The van der Waals surface area contributed by atoms with Crippen LogP contribution in [-0.4, -0.2) is 14.3 Å². The summed E-state index contributed by atoms with van der Waals surface area (Å²) in [7, 11) is -3.89. The molecule has 0 fully saturated rings. The van der Waals surface area contributed by atoms with Crippen molar-refractivity contribution in [2.45, 2.75) is 18.7 Å². The highest BCUT2D eigenvalue weighted by Crippen LogP contribution is 2.27. The van der Waals surface area contributed by atoms with Gasteiger partial charge in [-0.2, -0.15) is 0 Å². The second-order valence-corrected chi connectivity index (χ2v) is 6.89. The molecule has 2 rings (SSSR count). The van der Waals surface area contributed by atoms with Gasteiger partial charge in [0.15, 0.2) is 0 Å². The van der Waals surface area contributed by atoms with Crippen LogP contribution in [0.2, 0.25) is 5.02 Å². The van der Waals surface area contributed by atoms with Gasteiger partial charge in [0.25, 0.3) is 15.9 Å². The van der Waals surface area contributed by atoms with Gasteiger partial charge in [-0.1, -0.05) is 29.8 Å². The Hall–Kier alpha value is -2.05. The fourth-order valence-electron chi connectivity index (χ4n) is 2.08. The van der Waals surface area contributed by atoms with E-state index in [0.29, 0.717) is 16.1 Å². The highest BCUT2D eigenvalue weighted by atomic mass is 35.5. The number of amides is 1. The monoisotopic (exact) mass is 338 g/mol. The molecule has 7 heteroatoms. The predicted molar refractivity (Wildman–Crippen MR) is 86.7 cm³/mol. The van der Waals surface area contributed by atoms with Gasteiger partial charge >= 0.3 is 0 Å². The third-order valence-electron chi connectivity index (χ3n) is 3.28. The summed E-state index contributed by atoms with van der Waals surface area (Å²) >= 11 is 5.97. The zero-order valence-electron chi connectivity index (χ0n) is 12.1. The van der Waals surface area contributed by atoms with Crippen LogP contribution in [0.25, 0.3) is 0 Å². The van der Waals surface area contributed by atoms with E-state index in [0.717, 1.165) is 0 Å². The minimum Gasteiger partial charge on any atom is -0.366 e. The standard InChI is InChI=1S/C15H15ClN2O3S/c1-9-5-3-6-11(15(17)19)14(9)18-22(20,21)13-8-4-7-12(16)10(13)2/h3-8,18H,1-2H3,(H2,17,19). The van der Waals surface area contributed by atoms with Crippen molar-refractivity contribution >= 4 is 33.2 Å². The van der Waals surface area contributed by atoms with Crippen LogP contribution < -0.4 is 10.5 Å². The topological polar surface area (TPSA) is 89.3 Å². The number of anilines is 1. The molecule has 22 heavy (non-hydrogen) atoms. The third-order valence-corrected chi connectivity index (χ3v) is 5.19. The number of halogens is 1. The van der Waals surface area contributed by atoms with E-state index in [1.54, 1.807) is 38.1 Å². The van der Waals surface area contributed by atoms with E-state index in [1.165, 1.54) is 12.1 Å². The number of primary amides is 1. The molecule has 0 radical (unpaired) electrons. The van der Waals surface area contributed by atoms with Crippen LogP contribution in [0.4, 0.5) is 5.69 Å². The Labute approximate surface area is 134 Å². The SMILES string of the molecule is Cc1cccc(C(N)=O)c1NS(=O)(=O)c1cccc(Cl)c1C. The number of para-hydroxylation sites is 1. The van der Waals surface area contributed by atoms with Gasteiger partial charge in [-0.15, -0.1) is 0 Å². The number of rotatable bonds is 4. The van der Waals surface area contributed by atoms with Crippen molar-refractivity contribution in [1.82, 2.24) is 0 Å². The van der Waals surface area contributed by atoms with Crippen LogP contribution in [0.5, 0.6) is 0 Å². The Morgan fingerprint density at radius 2 is 1.77 bits per heavy atom. The van der Waals surface area contributed by atoms with E-state index in [9.17, 15) is 13.2 Å². The van der Waals surface area contributed by atoms with Crippen molar-refractivity contribution in [3.8, 4) is 0 Å². The highest BCUT2D eigenvalue weighted by molar-refractivity contribution is 7.92. The Morgan fingerprint density at radius 3 is 2.41 bits per heavy atom. The second kappa shape index (κ2) is 5.98. The van der Waals surface area contributed by atoms with Crippen molar-refractivity contribution in [3.05, 3.63) is 58.1 Å². The van der Waals surface area contributed by atoms with Gasteiger partial charge < -0.3 is 5.73 Å². The molecule has 0 saturated heterocycles. The summed E-state index contributed by atoms with van der Waals surface area (Å²) in [5.41, 5.74) is 6.62. The maximum Gasteiger partial charge on any atom is 0.262 e. The average Bonchev–Trinajstić information content (AvgIpc) is 2.43. The van der Waals surface area contributed by atoms with Crippen LogP contribution in [-0.2, 0) is 10.0 Å². The molecule has 0 aliphatic heterocycles. The Kier molecular flexibility index (Phi) is 4.44. The Bertz CT molecular complexity index is 848. The second-order valence-electron chi connectivity index (χ2n) is 4.83. The number of aryl methyl sites for hydroxylation is 1. The van der Waals surface area contributed by atoms with E-state index >= 15 is 0 Å². The summed E-state index contributed by atoms with van der Waals surface area (Å²) in [6.07, 6.45) is 0. The molecule has 0 atom stereocenters. The molecule has 0 unspecified atom stereocenters. The van der Waals surface area contributed by atoms with Gasteiger partial charge in [-0.25, -0.2) is 8.42 Å².